The van der Waals surface area contributed by atoms with Crippen molar-refractivity contribution in [3.05, 3.63) is 57.7 Å². The Morgan fingerprint density at radius 2 is 1.92 bits per heavy atom. The van der Waals surface area contributed by atoms with Gasteiger partial charge in [0, 0.05) is 37.4 Å². The molecule has 2 aliphatic heterocycles. The smallest absolute Gasteiger partial charge is 0.336 e. The summed E-state index contributed by atoms with van der Waals surface area (Å²) in [5.41, 5.74) is 4.61. The second-order valence-electron chi connectivity index (χ2n) is 14.4. The van der Waals surface area contributed by atoms with Crippen molar-refractivity contribution in [1.29, 1.82) is 0 Å². The van der Waals surface area contributed by atoms with Gasteiger partial charge in [0.1, 0.15) is 10.3 Å². The molecule has 0 saturated carbocycles. The summed E-state index contributed by atoms with van der Waals surface area (Å²) < 4.78 is 10.3. The Morgan fingerprint density at radius 1 is 1.12 bits per heavy atom. The number of nitrogens with one attached hydrogen (secondary N) is 1. The zero-order chi connectivity index (χ0) is 34.0. The van der Waals surface area contributed by atoms with Crippen molar-refractivity contribution in [1.82, 2.24) is 25.1 Å². The predicted octanol–water partition coefficient (Wildman–Crippen LogP) is 4.17. The maximum atomic E-state index is 13.8. The number of carbonyl (C=O) groups excluding carboxylic acids is 3. The van der Waals surface area contributed by atoms with Crippen molar-refractivity contribution in [3.63, 3.8) is 0 Å². The number of carbonyl (C=O) groups is 3. The molecule has 4 heterocycles. The number of aryl methyl sites for hydroxylation is 1. The summed E-state index contributed by atoms with van der Waals surface area (Å²) in [5.74, 6) is -0.407. The summed E-state index contributed by atoms with van der Waals surface area (Å²) in [4.78, 5) is 53.8. The molecule has 3 aromatic rings. The van der Waals surface area contributed by atoms with Crippen molar-refractivity contribution >= 4 is 39.5 Å². The molecule has 0 radical (unpaired) electrons. The number of fused-ring (bicyclic) bond motifs is 2. The van der Waals surface area contributed by atoms with E-state index in [2.05, 4.69) is 37.1 Å². The van der Waals surface area contributed by atoms with Gasteiger partial charge in [-0.15, -0.1) is 0 Å². The van der Waals surface area contributed by atoms with Gasteiger partial charge in [0.15, 0.2) is 11.1 Å². The standard InChI is InChI=1S/C36H47N5O6S/c1-36(2,3)25-8-9-27-24(19-25)20-29-32(38-27)48-33(39-29)31(43)37-28(12-15-40-13-10-26(42)11-14-40)22-6-5-7-23(18-22)34(44)41-16-17-47-30(21-41)35(45)46-4/h5-7,18,20,25-26,28,30,42H,8-17,19,21H2,1-4H3,(H,37,43)/t25-,28+,30?/m0/s1. The fourth-order valence-corrected chi connectivity index (χ4v) is 7.87. The number of amides is 2. The molecule has 258 valence electrons. The number of aromatic nitrogens is 2. The Balaban J connectivity index is 1.21. The van der Waals surface area contributed by atoms with Gasteiger partial charge < -0.3 is 29.7 Å². The van der Waals surface area contributed by atoms with Gasteiger partial charge in [-0.2, -0.15) is 0 Å². The van der Waals surface area contributed by atoms with Crippen molar-refractivity contribution in [2.75, 3.05) is 46.4 Å². The molecule has 2 aromatic heterocycles. The van der Waals surface area contributed by atoms with Crippen LogP contribution in [0.1, 0.15) is 89.5 Å². The predicted molar refractivity (Wildman–Crippen MR) is 183 cm³/mol. The highest BCUT2D eigenvalue weighted by Gasteiger charge is 2.32. The highest BCUT2D eigenvalue weighted by atomic mass is 32.1. The molecule has 1 unspecified atom stereocenters. The van der Waals surface area contributed by atoms with Gasteiger partial charge in [0.2, 0.25) is 0 Å². The minimum absolute atomic E-state index is 0.114. The van der Waals surface area contributed by atoms with Gasteiger partial charge >= 0.3 is 5.97 Å². The molecule has 1 aromatic carbocycles. The minimum atomic E-state index is -0.820. The Morgan fingerprint density at radius 3 is 2.67 bits per heavy atom. The Bertz CT molecular complexity index is 1650. The number of aliphatic hydroxyl groups is 1. The minimum Gasteiger partial charge on any atom is -0.467 e. The van der Waals surface area contributed by atoms with Crippen LogP contribution in [0.5, 0.6) is 0 Å². The lowest BCUT2D eigenvalue weighted by Crippen LogP contribution is -2.48. The number of ether oxygens (including phenoxy) is 2. The van der Waals surface area contributed by atoms with E-state index < -0.39 is 12.1 Å². The van der Waals surface area contributed by atoms with Crippen LogP contribution in [0.3, 0.4) is 0 Å². The second kappa shape index (κ2) is 14.6. The van der Waals surface area contributed by atoms with Crippen molar-refractivity contribution in [3.8, 4) is 0 Å². The number of pyridine rings is 1. The van der Waals surface area contributed by atoms with Crippen molar-refractivity contribution < 1.29 is 29.0 Å². The third-order valence-corrected chi connectivity index (χ3v) is 11.1. The Labute approximate surface area is 286 Å². The lowest BCUT2D eigenvalue weighted by Gasteiger charge is -2.34. The first-order valence-corrected chi connectivity index (χ1v) is 17.9. The van der Waals surface area contributed by atoms with Crippen LogP contribution in [-0.4, -0.2) is 101 Å². The maximum absolute atomic E-state index is 13.8. The molecule has 2 amide bonds. The molecule has 0 spiro atoms. The molecule has 11 nitrogen and oxygen atoms in total. The summed E-state index contributed by atoms with van der Waals surface area (Å²) in [5, 5.41) is 13.6. The van der Waals surface area contributed by atoms with Gasteiger partial charge in [0.25, 0.3) is 11.8 Å². The normalized spacial score (nSPS) is 21.5. The topological polar surface area (TPSA) is 134 Å². The SMILES string of the molecule is COC(=O)C1CN(C(=O)c2cccc([C@@H](CCN3CCC(O)CC3)NC(=O)c3nc4cc5c(nc4s3)CC[C@H](C(C)(C)C)C5)c2)CCO1. The number of thiazole rings is 1. The van der Waals surface area contributed by atoms with Crippen LogP contribution >= 0.6 is 11.3 Å². The van der Waals surface area contributed by atoms with Crippen LogP contribution in [0.4, 0.5) is 0 Å². The highest BCUT2D eigenvalue weighted by Crippen LogP contribution is 2.38. The van der Waals surface area contributed by atoms with Crippen LogP contribution < -0.4 is 5.32 Å². The number of hydrogen-bond donors (Lipinski definition) is 2. The number of methoxy groups -OCH3 is 1. The first-order chi connectivity index (χ1) is 23.0. The molecule has 2 N–H and O–H groups in total. The van der Waals surface area contributed by atoms with E-state index >= 15 is 0 Å². The number of piperidine rings is 1. The summed E-state index contributed by atoms with van der Waals surface area (Å²) in [7, 11) is 1.30. The van der Waals surface area contributed by atoms with Gasteiger partial charge in [-0.3, -0.25) is 9.59 Å². The molecule has 0 bridgehead atoms. The molecule has 2 saturated heterocycles. The summed E-state index contributed by atoms with van der Waals surface area (Å²) in [6.07, 6.45) is 4.00. The number of benzene rings is 1. The average molecular weight is 678 g/mol. The third-order valence-electron chi connectivity index (χ3n) is 10.1. The number of likely N-dealkylation sites (tertiary alicyclic amines) is 1. The van der Waals surface area contributed by atoms with E-state index in [4.69, 9.17) is 19.4 Å². The van der Waals surface area contributed by atoms with E-state index in [0.717, 1.165) is 73.3 Å². The lowest BCUT2D eigenvalue weighted by atomic mass is 9.71. The molecule has 48 heavy (non-hydrogen) atoms. The molecule has 12 heteroatoms. The van der Waals surface area contributed by atoms with Gasteiger partial charge in [-0.25, -0.2) is 14.8 Å². The van der Waals surface area contributed by atoms with Crippen molar-refractivity contribution in [2.45, 2.75) is 77.5 Å². The molecular formula is C36H47N5O6S. The summed E-state index contributed by atoms with van der Waals surface area (Å²) >= 11 is 1.32. The van der Waals surface area contributed by atoms with Crippen LogP contribution in [0, 0.1) is 11.3 Å². The molecule has 2 fully saturated rings. The number of aliphatic hydroxyl groups excluding tert-OH is 1. The van der Waals surface area contributed by atoms with E-state index in [0.29, 0.717) is 29.5 Å². The van der Waals surface area contributed by atoms with Gasteiger partial charge in [0.05, 0.1) is 32.4 Å². The molecular weight excluding hydrogens is 630 g/mol. The summed E-state index contributed by atoms with van der Waals surface area (Å²) in [6.45, 7) is 9.91. The first-order valence-electron chi connectivity index (χ1n) is 17.1. The van der Waals surface area contributed by atoms with E-state index in [1.807, 2.05) is 18.2 Å². The van der Waals surface area contributed by atoms with Gasteiger partial charge in [-0.05, 0) is 79.2 Å². The summed E-state index contributed by atoms with van der Waals surface area (Å²) in [6, 6.07) is 9.08. The number of hydrogen-bond acceptors (Lipinski definition) is 10. The van der Waals surface area contributed by atoms with E-state index in [1.54, 1.807) is 11.0 Å². The fraction of sp³-hybridized carbons (Fsp3) is 0.583. The van der Waals surface area contributed by atoms with Crippen LogP contribution in [0.15, 0.2) is 30.3 Å². The highest BCUT2D eigenvalue weighted by molar-refractivity contribution is 7.19. The number of nitrogens with zero attached hydrogens (tertiary/aromatic N) is 4. The zero-order valence-corrected chi connectivity index (χ0v) is 29.2. The van der Waals surface area contributed by atoms with Crippen LogP contribution in [0.25, 0.3) is 10.3 Å². The fourth-order valence-electron chi connectivity index (χ4n) is 7.02. The molecule has 6 rings (SSSR count). The van der Waals surface area contributed by atoms with E-state index in [9.17, 15) is 19.5 Å². The Kier molecular flexibility index (Phi) is 10.5. The van der Waals surface area contributed by atoms with E-state index in [-0.39, 0.29) is 42.5 Å². The van der Waals surface area contributed by atoms with Crippen LogP contribution in [-0.2, 0) is 27.1 Å². The van der Waals surface area contributed by atoms with E-state index in [1.165, 1.54) is 24.0 Å². The maximum Gasteiger partial charge on any atom is 0.336 e. The number of morpholine rings is 1. The molecule has 3 aliphatic rings. The monoisotopic (exact) mass is 677 g/mol. The Hall–Kier alpha value is -3.45. The van der Waals surface area contributed by atoms with Crippen LogP contribution in [0.2, 0.25) is 0 Å². The van der Waals surface area contributed by atoms with Gasteiger partial charge in [-0.1, -0.05) is 44.2 Å². The number of rotatable bonds is 8. The zero-order valence-electron chi connectivity index (χ0n) is 28.4. The first kappa shape index (κ1) is 34.4. The molecule has 1 aliphatic carbocycles. The number of esters is 1. The largest absolute Gasteiger partial charge is 0.467 e. The third kappa shape index (κ3) is 7.88. The lowest BCUT2D eigenvalue weighted by molar-refractivity contribution is -0.158. The second-order valence-corrected chi connectivity index (χ2v) is 15.4. The molecule has 3 atom stereocenters. The quantitative estimate of drug-likeness (QED) is 0.337. The van der Waals surface area contributed by atoms with Crippen molar-refractivity contribution in [2.24, 2.45) is 11.3 Å². The average Bonchev–Trinajstić information content (AvgIpc) is 3.51.